The number of likely N-dealkylation sites (tertiary alicyclic amines) is 1. The van der Waals surface area contributed by atoms with E-state index in [9.17, 15) is 4.79 Å². The standard InChI is InChI=1S/C16H23BrN2O/c1-12(2)15(17)16(20)18-14-8-4-3-7-13(14)11-19-9-5-6-10-19/h3-4,7-8,12,15H,5-6,9-11H2,1-2H3,(H,18,20). The number of hydrogen-bond acceptors (Lipinski definition) is 2. The third kappa shape index (κ3) is 4.06. The lowest BCUT2D eigenvalue weighted by molar-refractivity contribution is -0.116. The Bertz CT molecular complexity index is 456. The third-order valence-electron chi connectivity index (χ3n) is 3.70. The van der Waals surface area contributed by atoms with Gasteiger partial charge in [-0.1, -0.05) is 48.0 Å². The molecule has 0 spiro atoms. The lowest BCUT2D eigenvalue weighted by atomic mass is 10.1. The summed E-state index contributed by atoms with van der Waals surface area (Å²) in [7, 11) is 0. The van der Waals surface area contributed by atoms with Gasteiger partial charge < -0.3 is 5.32 Å². The maximum absolute atomic E-state index is 12.2. The number of nitrogens with zero attached hydrogens (tertiary/aromatic N) is 1. The maximum atomic E-state index is 12.2. The van der Waals surface area contributed by atoms with Gasteiger partial charge in [0.05, 0.1) is 4.83 Å². The van der Waals surface area contributed by atoms with Crippen molar-refractivity contribution in [2.45, 2.75) is 38.1 Å². The predicted molar refractivity (Wildman–Crippen MR) is 87.1 cm³/mol. The molecule has 0 aromatic heterocycles. The van der Waals surface area contributed by atoms with E-state index in [1.807, 2.05) is 32.0 Å². The molecule has 1 heterocycles. The molecule has 0 bridgehead atoms. The number of para-hydroxylation sites is 1. The first-order valence-electron chi connectivity index (χ1n) is 7.33. The second kappa shape index (κ2) is 7.23. The number of anilines is 1. The van der Waals surface area contributed by atoms with Gasteiger partial charge in [-0.05, 0) is 43.5 Å². The van der Waals surface area contributed by atoms with Crippen molar-refractivity contribution in [2.75, 3.05) is 18.4 Å². The molecule has 3 nitrogen and oxygen atoms in total. The van der Waals surface area contributed by atoms with Crippen molar-refractivity contribution in [1.82, 2.24) is 4.90 Å². The van der Waals surface area contributed by atoms with E-state index in [0.29, 0.717) is 0 Å². The first-order valence-corrected chi connectivity index (χ1v) is 8.24. The van der Waals surface area contributed by atoms with Crippen LogP contribution >= 0.6 is 15.9 Å². The molecule has 1 atom stereocenters. The minimum Gasteiger partial charge on any atom is -0.325 e. The van der Waals surface area contributed by atoms with Gasteiger partial charge in [0, 0.05) is 12.2 Å². The Morgan fingerprint density at radius 3 is 2.60 bits per heavy atom. The van der Waals surface area contributed by atoms with Gasteiger partial charge in [0.25, 0.3) is 0 Å². The van der Waals surface area contributed by atoms with E-state index in [2.05, 4.69) is 32.2 Å². The highest BCUT2D eigenvalue weighted by molar-refractivity contribution is 9.10. The summed E-state index contributed by atoms with van der Waals surface area (Å²) in [5, 5.41) is 3.05. The molecule has 1 N–H and O–H groups in total. The van der Waals surface area contributed by atoms with Crippen LogP contribution in [0.25, 0.3) is 0 Å². The Balaban J connectivity index is 2.05. The van der Waals surface area contributed by atoms with Gasteiger partial charge in [-0.2, -0.15) is 0 Å². The van der Waals surface area contributed by atoms with E-state index in [4.69, 9.17) is 0 Å². The zero-order chi connectivity index (χ0) is 14.5. The summed E-state index contributed by atoms with van der Waals surface area (Å²) >= 11 is 3.46. The summed E-state index contributed by atoms with van der Waals surface area (Å²) in [6.07, 6.45) is 2.57. The molecule has 0 saturated carbocycles. The Hall–Kier alpha value is -0.870. The van der Waals surface area contributed by atoms with E-state index in [1.165, 1.54) is 18.4 Å². The number of hydrogen-bond donors (Lipinski definition) is 1. The molecule has 1 aliphatic heterocycles. The Morgan fingerprint density at radius 1 is 1.30 bits per heavy atom. The first-order chi connectivity index (χ1) is 9.58. The Labute approximate surface area is 129 Å². The van der Waals surface area contributed by atoms with E-state index in [1.54, 1.807) is 0 Å². The van der Waals surface area contributed by atoms with Crippen molar-refractivity contribution in [3.8, 4) is 0 Å². The molecule has 1 saturated heterocycles. The molecule has 1 unspecified atom stereocenters. The normalized spacial score (nSPS) is 17.4. The van der Waals surface area contributed by atoms with Crippen LogP contribution in [0, 0.1) is 5.92 Å². The molecule has 2 rings (SSSR count). The number of carbonyl (C=O) groups is 1. The van der Waals surface area contributed by atoms with Crippen LogP contribution in [0.3, 0.4) is 0 Å². The van der Waals surface area contributed by atoms with Gasteiger partial charge >= 0.3 is 0 Å². The molecule has 1 aromatic rings. The molecule has 0 aliphatic carbocycles. The van der Waals surface area contributed by atoms with Gasteiger partial charge in [-0.25, -0.2) is 0 Å². The highest BCUT2D eigenvalue weighted by atomic mass is 79.9. The second-order valence-corrected chi connectivity index (χ2v) is 6.76. The molecule has 0 radical (unpaired) electrons. The van der Waals surface area contributed by atoms with Gasteiger partial charge in [-0.3, -0.25) is 9.69 Å². The predicted octanol–water partition coefficient (Wildman–Crippen LogP) is 3.64. The van der Waals surface area contributed by atoms with E-state index in [0.717, 1.165) is 25.3 Å². The van der Waals surface area contributed by atoms with Crippen LogP contribution in [0.2, 0.25) is 0 Å². The Kier molecular flexibility index (Phi) is 5.61. The number of benzene rings is 1. The van der Waals surface area contributed by atoms with Crippen LogP contribution in [0.15, 0.2) is 24.3 Å². The molecule has 20 heavy (non-hydrogen) atoms. The zero-order valence-electron chi connectivity index (χ0n) is 12.2. The van der Waals surface area contributed by atoms with Crippen molar-refractivity contribution in [2.24, 2.45) is 5.92 Å². The van der Waals surface area contributed by atoms with Gasteiger partial charge in [0.1, 0.15) is 0 Å². The molecule has 1 aliphatic rings. The summed E-state index contributed by atoms with van der Waals surface area (Å²) in [5.74, 6) is 0.314. The van der Waals surface area contributed by atoms with E-state index < -0.39 is 0 Å². The summed E-state index contributed by atoms with van der Waals surface area (Å²) < 4.78 is 0. The number of nitrogens with one attached hydrogen (secondary N) is 1. The molecule has 1 aromatic carbocycles. The van der Waals surface area contributed by atoms with Crippen molar-refractivity contribution in [1.29, 1.82) is 0 Å². The second-order valence-electron chi connectivity index (χ2n) is 5.78. The molecule has 110 valence electrons. The van der Waals surface area contributed by atoms with Gasteiger partial charge in [-0.15, -0.1) is 0 Å². The van der Waals surface area contributed by atoms with Crippen molar-refractivity contribution in [3.05, 3.63) is 29.8 Å². The number of alkyl halides is 1. The topological polar surface area (TPSA) is 32.3 Å². The van der Waals surface area contributed by atoms with E-state index in [-0.39, 0.29) is 16.7 Å². The fourth-order valence-corrected chi connectivity index (χ4v) is 2.58. The summed E-state index contributed by atoms with van der Waals surface area (Å²) in [6.45, 7) is 7.32. The summed E-state index contributed by atoms with van der Waals surface area (Å²) in [6, 6.07) is 8.10. The smallest absolute Gasteiger partial charge is 0.238 e. The first kappa shape index (κ1) is 15.5. The molecular weight excluding hydrogens is 316 g/mol. The number of rotatable bonds is 5. The molecule has 1 fully saturated rings. The molecular formula is C16H23BrN2O. The van der Waals surface area contributed by atoms with Crippen molar-refractivity contribution in [3.63, 3.8) is 0 Å². The van der Waals surface area contributed by atoms with Crippen molar-refractivity contribution < 1.29 is 4.79 Å². The van der Waals surface area contributed by atoms with Crippen LogP contribution in [0.5, 0.6) is 0 Å². The van der Waals surface area contributed by atoms with Gasteiger partial charge in [0.15, 0.2) is 0 Å². The lowest BCUT2D eigenvalue weighted by Crippen LogP contribution is -2.28. The molecule has 4 heteroatoms. The average Bonchev–Trinajstić information content (AvgIpc) is 2.92. The quantitative estimate of drug-likeness (QED) is 0.831. The zero-order valence-corrected chi connectivity index (χ0v) is 13.8. The monoisotopic (exact) mass is 338 g/mol. The fraction of sp³-hybridized carbons (Fsp3) is 0.562. The average molecular weight is 339 g/mol. The van der Waals surface area contributed by atoms with Crippen LogP contribution in [-0.2, 0) is 11.3 Å². The maximum Gasteiger partial charge on any atom is 0.238 e. The minimum atomic E-state index is -0.151. The highest BCUT2D eigenvalue weighted by Crippen LogP contribution is 2.22. The molecule has 1 amide bonds. The Morgan fingerprint density at radius 2 is 1.95 bits per heavy atom. The van der Waals surface area contributed by atoms with Gasteiger partial charge in [0.2, 0.25) is 5.91 Å². The van der Waals surface area contributed by atoms with E-state index >= 15 is 0 Å². The SMILES string of the molecule is CC(C)C(Br)C(=O)Nc1ccccc1CN1CCCC1. The fourth-order valence-electron chi connectivity index (χ4n) is 2.47. The minimum absolute atomic E-state index is 0.0360. The summed E-state index contributed by atoms with van der Waals surface area (Å²) in [5.41, 5.74) is 2.14. The largest absolute Gasteiger partial charge is 0.325 e. The van der Waals surface area contributed by atoms with Crippen LogP contribution in [-0.4, -0.2) is 28.7 Å². The highest BCUT2D eigenvalue weighted by Gasteiger charge is 2.20. The lowest BCUT2D eigenvalue weighted by Gasteiger charge is -2.19. The number of amides is 1. The van der Waals surface area contributed by atoms with Crippen LogP contribution in [0.1, 0.15) is 32.3 Å². The van der Waals surface area contributed by atoms with Crippen molar-refractivity contribution >= 4 is 27.5 Å². The summed E-state index contributed by atoms with van der Waals surface area (Å²) in [4.78, 5) is 14.5. The third-order valence-corrected chi connectivity index (χ3v) is 5.18. The van der Waals surface area contributed by atoms with Crippen LogP contribution in [0.4, 0.5) is 5.69 Å². The van der Waals surface area contributed by atoms with Crippen LogP contribution < -0.4 is 5.32 Å². The number of halogens is 1. The number of carbonyl (C=O) groups excluding carboxylic acids is 1.